The van der Waals surface area contributed by atoms with Crippen LogP contribution in [0.1, 0.15) is 30.0 Å². The second-order valence-corrected chi connectivity index (χ2v) is 6.33. The number of ether oxygens (including phenoxy) is 2. The lowest BCUT2D eigenvalue weighted by molar-refractivity contribution is -0.335. The van der Waals surface area contributed by atoms with Gasteiger partial charge in [0.25, 0.3) is 0 Å². The molecular formula is C19H20O2. The summed E-state index contributed by atoms with van der Waals surface area (Å²) in [6, 6.07) is 19.2. The number of fused-ring (bicyclic) bond motifs is 4. The molecule has 0 amide bonds. The van der Waals surface area contributed by atoms with Crippen LogP contribution in [-0.4, -0.2) is 12.2 Å². The van der Waals surface area contributed by atoms with Crippen LogP contribution in [-0.2, 0) is 28.1 Å². The molecular weight excluding hydrogens is 260 g/mol. The molecule has 4 rings (SSSR count). The van der Waals surface area contributed by atoms with Gasteiger partial charge in [-0.1, -0.05) is 54.6 Å². The molecule has 0 unspecified atom stereocenters. The Morgan fingerprint density at radius 1 is 1.00 bits per heavy atom. The molecule has 0 saturated carbocycles. The first-order chi connectivity index (χ1) is 10.2. The van der Waals surface area contributed by atoms with Gasteiger partial charge in [0.05, 0.1) is 12.2 Å². The first-order valence-corrected chi connectivity index (χ1v) is 7.66. The molecule has 2 aliphatic rings. The van der Waals surface area contributed by atoms with Gasteiger partial charge < -0.3 is 9.47 Å². The van der Waals surface area contributed by atoms with Crippen LogP contribution in [0.2, 0.25) is 0 Å². The van der Waals surface area contributed by atoms with Crippen molar-refractivity contribution in [3.8, 4) is 0 Å². The van der Waals surface area contributed by atoms with Crippen LogP contribution in [0, 0.1) is 0 Å². The molecule has 2 aliphatic heterocycles. The summed E-state index contributed by atoms with van der Waals surface area (Å²) in [7, 11) is 0. The Kier molecular flexibility index (Phi) is 2.91. The minimum absolute atomic E-state index is 0.136. The SMILES string of the molecule is C[C@@]12OCC[C@@](Cc3ccccc3)(Cc3ccccc31)O2. The molecule has 2 nitrogen and oxygen atoms in total. The molecule has 2 heterocycles. The van der Waals surface area contributed by atoms with Crippen LogP contribution < -0.4 is 0 Å². The summed E-state index contributed by atoms with van der Waals surface area (Å²) in [4.78, 5) is 0. The Labute approximate surface area is 125 Å². The smallest absolute Gasteiger partial charge is 0.192 e. The summed E-state index contributed by atoms with van der Waals surface area (Å²) >= 11 is 0. The van der Waals surface area contributed by atoms with Crippen molar-refractivity contribution in [2.45, 2.75) is 37.6 Å². The van der Waals surface area contributed by atoms with Crippen molar-refractivity contribution in [1.82, 2.24) is 0 Å². The first kappa shape index (κ1) is 13.1. The Balaban J connectivity index is 1.74. The van der Waals surface area contributed by atoms with E-state index < -0.39 is 5.79 Å². The van der Waals surface area contributed by atoms with E-state index in [-0.39, 0.29) is 5.60 Å². The van der Waals surface area contributed by atoms with E-state index in [1.165, 1.54) is 16.7 Å². The lowest BCUT2D eigenvalue weighted by Crippen LogP contribution is -2.54. The van der Waals surface area contributed by atoms with E-state index in [0.29, 0.717) is 0 Å². The molecule has 2 atom stereocenters. The Bertz CT molecular complexity index is 652. The van der Waals surface area contributed by atoms with Crippen molar-refractivity contribution in [3.63, 3.8) is 0 Å². The zero-order valence-electron chi connectivity index (χ0n) is 12.3. The molecule has 0 radical (unpaired) electrons. The lowest BCUT2D eigenvalue weighted by Gasteiger charge is -2.51. The second-order valence-electron chi connectivity index (χ2n) is 6.33. The fourth-order valence-electron chi connectivity index (χ4n) is 3.80. The van der Waals surface area contributed by atoms with Crippen LogP contribution in [0.25, 0.3) is 0 Å². The van der Waals surface area contributed by atoms with E-state index in [0.717, 1.165) is 25.9 Å². The van der Waals surface area contributed by atoms with Gasteiger partial charge in [-0.25, -0.2) is 0 Å². The van der Waals surface area contributed by atoms with Crippen LogP contribution in [0.4, 0.5) is 0 Å². The van der Waals surface area contributed by atoms with E-state index in [9.17, 15) is 0 Å². The predicted molar refractivity (Wildman–Crippen MR) is 82.0 cm³/mol. The maximum Gasteiger partial charge on any atom is 0.192 e. The van der Waals surface area contributed by atoms with Crippen molar-refractivity contribution in [2.75, 3.05) is 6.61 Å². The quantitative estimate of drug-likeness (QED) is 0.832. The molecule has 2 aromatic carbocycles. The van der Waals surface area contributed by atoms with E-state index in [1.807, 2.05) is 0 Å². The third-order valence-electron chi connectivity index (χ3n) is 4.73. The van der Waals surface area contributed by atoms with Gasteiger partial charge in [0, 0.05) is 24.8 Å². The van der Waals surface area contributed by atoms with Crippen molar-refractivity contribution in [1.29, 1.82) is 0 Å². The number of rotatable bonds is 2. The predicted octanol–water partition coefficient (Wildman–Crippen LogP) is 3.83. The van der Waals surface area contributed by atoms with E-state index >= 15 is 0 Å². The van der Waals surface area contributed by atoms with Crippen LogP contribution in [0.5, 0.6) is 0 Å². The van der Waals surface area contributed by atoms with Gasteiger partial charge in [0.2, 0.25) is 0 Å². The Morgan fingerprint density at radius 2 is 1.76 bits per heavy atom. The molecule has 108 valence electrons. The summed E-state index contributed by atoms with van der Waals surface area (Å²) in [6.07, 6.45) is 2.87. The number of benzene rings is 2. The molecule has 0 spiro atoms. The average molecular weight is 280 g/mol. The highest BCUT2D eigenvalue weighted by molar-refractivity contribution is 5.36. The normalized spacial score (nSPS) is 30.7. The van der Waals surface area contributed by atoms with Gasteiger partial charge in [-0.2, -0.15) is 0 Å². The average Bonchev–Trinajstić information content (AvgIpc) is 2.48. The number of hydrogen-bond donors (Lipinski definition) is 0. The van der Waals surface area contributed by atoms with Crippen molar-refractivity contribution < 1.29 is 9.47 Å². The Hall–Kier alpha value is -1.64. The highest BCUT2D eigenvalue weighted by Gasteiger charge is 2.49. The second kappa shape index (κ2) is 4.69. The monoisotopic (exact) mass is 280 g/mol. The van der Waals surface area contributed by atoms with Crippen LogP contribution in [0.15, 0.2) is 54.6 Å². The minimum Gasteiger partial charge on any atom is -0.346 e. The lowest BCUT2D eigenvalue weighted by atomic mass is 9.78. The van der Waals surface area contributed by atoms with E-state index in [4.69, 9.17) is 9.47 Å². The summed E-state index contributed by atoms with van der Waals surface area (Å²) in [6.45, 7) is 2.82. The van der Waals surface area contributed by atoms with Crippen molar-refractivity contribution in [3.05, 3.63) is 71.3 Å². The third-order valence-corrected chi connectivity index (χ3v) is 4.73. The summed E-state index contributed by atoms with van der Waals surface area (Å²) < 4.78 is 12.5. The van der Waals surface area contributed by atoms with Gasteiger partial charge in [-0.3, -0.25) is 0 Å². The van der Waals surface area contributed by atoms with Gasteiger partial charge in [-0.15, -0.1) is 0 Å². The van der Waals surface area contributed by atoms with Gasteiger partial charge in [0.15, 0.2) is 5.79 Å². The molecule has 1 fully saturated rings. The zero-order valence-corrected chi connectivity index (χ0v) is 12.3. The standard InChI is InChI=1S/C19H20O2/c1-18-17-10-6-5-9-16(17)14-19(21-18,11-12-20-18)13-15-7-3-2-4-8-15/h2-10H,11-14H2,1H3/t18-,19+/m0/s1. The van der Waals surface area contributed by atoms with Crippen molar-refractivity contribution in [2.24, 2.45) is 0 Å². The van der Waals surface area contributed by atoms with Gasteiger partial charge in [-0.05, 0) is 18.1 Å². The molecule has 1 saturated heterocycles. The summed E-state index contributed by atoms with van der Waals surface area (Å²) in [5.41, 5.74) is 3.75. The van der Waals surface area contributed by atoms with Crippen LogP contribution in [0.3, 0.4) is 0 Å². The van der Waals surface area contributed by atoms with Gasteiger partial charge in [0.1, 0.15) is 0 Å². The fourth-order valence-corrected chi connectivity index (χ4v) is 3.80. The zero-order chi connectivity index (χ0) is 14.3. The Morgan fingerprint density at radius 3 is 2.62 bits per heavy atom. The van der Waals surface area contributed by atoms with E-state index in [2.05, 4.69) is 61.5 Å². The maximum absolute atomic E-state index is 6.51. The topological polar surface area (TPSA) is 18.5 Å². The van der Waals surface area contributed by atoms with Crippen LogP contribution >= 0.6 is 0 Å². The highest BCUT2D eigenvalue weighted by Crippen LogP contribution is 2.47. The molecule has 2 aromatic rings. The summed E-state index contributed by atoms with van der Waals surface area (Å²) in [5, 5.41) is 0. The maximum atomic E-state index is 6.51. The van der Waals surface area contributed by atoms with Crippen molar-refractivity contribution >= 4 is 0 Å². The molecule has 2 bridgehead atoms. The largest absolute Gasteiger partial charge is 0.346 e. The van der Waals surface area contributed by atoms with E-state index in [1.54, 1.807) is 0 Å². The molecule has 0 N–H and O–H groups in total. The minimum atomic E-state index is -0.595. The molecule has 21 heavy (non-hydrogen) atoms. The molecule has 0 aromatic heterocycles. The first-order valence-electron chi connectivity index (χ1n) is 7.66. The molecule has 0 aliphatic carbocycles. The number of hydrogen-bond acceptors (Lipinski definition) is 2. The van der Waals surface area contributed by atoms with Gasteiger partial charge >= 0.3 is 0 Å². The highest BCUT2D eigenvalue weighted by atomic mass is 16.7. The third kappa shape index (κ3) is 2.19. The molecule has 2 heteroatoms. The fraction of sp³-hybridized carbons (Fsp3) is 0.368. The summed E-state index contributed by atoms with van der Waals surface area (Å²) in [5.74, 6) is -0.595.